The summed E-state index contributed by atoms with van der Waals surface area (Å²) in [6.07, 6.45) is 51.0. The number of rotatable bonds is 52. The van der Waals surface area contributed by atoms with Gasteiger partial charge in [-0.15, -0.1) is 0 Å². The van der Waals surface area contributed by atoms with Gasteiger partial charge in [0.25, 0.3) is 0 Å². The molecule has 0 aromatic heterocycles. The van der Waals surface area contributed by atoms with Crippen LogP contribution in [0.25, 0.3) is 0 Å². The zero-order chi connectivity index (χ0) is 47.9. The summed E-state index contributed by atoms with van der Waals surface area (Å²) in [5, 5.41) is 3.32. The van der Waals surface area contributed by atoms with Gasteiger partial charge in [0, 0.05) is 37.4 Å². The van der Waals surface area contributed by atoms with Gasteiger partial charge < -0.3 is 10.2 Å². The first-order valence-corrected chi connectivity index (χ1v) is 29.5. The van der Waals surface area contributed by atoms with Crippen molar-refractivity contribution in [1.29, 1.82) is 0 Å². The number of allylic oxidation sites excluding steroid dienone is 1. The Morgan fingerprint density at radius 3 is 1.45 bits per heavy atom. The molecule has 65 heavy (non-hydrogen) atoms. The van der Waals surface area contributed by atoms with Crippen molar-refractivity contribution in [3.05, 3.63) is 5.57 Å². The van der Waals surface area contributed by atoms with E-state index in [9.17, 15) is 14.4 Å². The number of nitrogens with zero attached hydrogens (tertiary/aromatic N) is 1. The highest BCUT2D eigenvalue weighted by Crippen LogP contribution is 2.28. The van der Waals surface area contributed by atoms with Crippen LogP contribution in [0.5, 0.6) is 0 Å². The number of carbonyl (C=O) groups excluding carboxylic acids is 3. The van der Waals surface area contributed by atoms with E-state index in [0.717, 1.165) is 113 Å². The second-order valence-corrected chi connectivity index (χ2v) is 21.2. The molecule has 0 spiro atoms. The molecule has 5 nitrogen and oxygen atoms in total. The van der Waals surface area contributed by atoms with E-state index < -0.39 is 0 Å². The second kappa shape index (κ2) is 49.0. The van der Waals surface area contributed by atoms with Crippen LogP contribution in [0.15, 0.2) is 5.57 Å². The zero-order valence-corrected chi connectivity index (χ0v) is 45.3. The predicted octanol–water partition coefficient (Wildman–Crippen LogP) is 18.5. The van der Waals surface area contributed by atoms with Crippen LogP contribution in [-0.4, -0.2) is 48.7 Å². The average Bonchev–Trinajstić information content (AvgIpc) is 3.31. The molecular weight excluding hydrogens is 797 g/mol. The van der Waals surface area contributed by atoms with Gasteiger partial charge in [-0.3, -0.25) is 9.59 Å². The van der Waals surface area contributed by atoms with E-state index in [2.05, 4.69) is 57.7 Å². The van der Waals surface area contributed by atoms with Gasteiger partial charge in [0.1, 0.15) is 11.7 Å². The van der Waals surface area contributed by atoms with Crippen molar-refractivity contribution in [3.8, 4) is 0 Å². The monoisotopic (exact) mass is 913 g/mol. The molecule has 0 aromatic carbocycles. The van der Waals surface area contributed by atoms with Crippen molar-refractivity contribution < 1.29 is 14.4 Å². The van der Waals surface area contributed by atoms with Gasteiger partial charge in [-0.25, -0.2) is 4.79 Å². The minimum atomic E-state index is 0.348. The highest BCUT2D eigenvalue weighted by Gasteiger charge is 2.23. The van der Waals surface area contributed by atoms with Gasteiger partial charge in [-0.2, -0.15) is 0 Å². The van der Waals surface area contributed by atoms with Gasteiger partial charge in [-0.05, 0) is 102 Å². The number of nitrogens with one attached hydrogen (secondary N) is 1. The predicted molar refractivity (Wildman–Crippen MR) is 287 cm³/mol. The van der Waals surface area contributed by atoms with Crippen molar-refractivity contribution in [2.45, 2.75) is 324 Å². The molecule has 0 aliphatic heterocycles. The average molecular weight is 914 g/mol. The minimum Gasteiger partial charge on any atom is -0.340 e. The third-order valence-corrected chi connectivity index (χ3v) is 15.0. The number of amides is 1. The largest absolute Gasteiger partial charge is 0.340 e. The summed E-state index contributed by atoms with van der Waals surface area (Å²) in [7, 11) is 2.02. The standard InChI is InChI=1S/C60H116N2O3/c1-8-13-17-20-29-36-45-60(65)62(51-37-50-61-7)58(43-34-27-23-24-28-35-44-59(64)49-48-55(38-16-11-4)39-30-18-14-9-2)42-33-26-22-21-25-32-41-57(53-63)47-46-56(52-54(6)12-5)40-31-19-15-10-3/h54-56,58,61H,8-52H2,1-7H3. The lowest BCUT2D eigenvalue weighted by Gasteiger charge is -2.33. The van der Waals surface area contributed by atoms with Crippen molar-refractivity contribution in [2.75, 3.05) is 20.1 Å². The third kappa shape index (κ3) is 40.2. The number of hydrogen-bond donors (Lipinski definition) is 1. The minimum absolute atomic E-state index is 0.348. The Bertz CT molecular complexity index is 1080. The SMILES string of the molecule is CCCCCCCCC(=O)N(CCCNC)C(CCCCCCCCC(=O)CCC(CCCC)CCCCCC)CCCCCCCCC(=C=O)CCC(CCCCCC)CC(C)CC. The Hall–Kier alpha value is -1.45. The van der Waals surface area contributed by atoms with Gasteiger partial charge in [0.15, 0.2) is 0 Å². The Balaban J connectivity index is 4.99. The maximum Gasteiger partial charge on any atom is 0.222 e. The van der Waals surface area contributed by atoms with Gasteiger partial charge in [-0.1, -0.05) is 228 Å². The summed E-state index contributed by atoms with van der Waals surface area (Å²) in [6, 6.07) is 0.348. The molecule has 384 valence electrons. The first kappa shape index (κ1) is 63.5. The number of hydrogen-bond acceptors (Lipinski definition) is 4. The van der Waals surface area contributed by atoms with Crippen molar-refractivity contribution in [2.24, 2.45) is 17.8 Å². The summed E-state index contributed by atoms with van der Waals surface area (Å²) < 4.78 is 0. The van der Waals surface area contributed by atoms with Crippen molar-refractivity contribution >= 4 is 17.6 Å². The lowest BCUT2D eigenvalue weighted by atomic mass is 9.85. The molecule has 0 aliphatic rings. The maximum atomic E-state index is 13.9. The zero-order valence-electron chi connectivity index (χ0n) is 45.3. The number of carbonyl (C=O) groups is 2. The molecule has 0 saturated carbocycles. The van der Waals surface area contributed by atoms with E-state index in [4.69, 9.17) is 0 Å². The Kier molecular flexibility index (Phi) is 47.9. The van der Waals surface area contributed by atoms with Crippen LogP contribution in [0.2, 0.25) is 0 Å². The highest BCUT2D eigenvalue weighted by molar-refractivity contribution is 5.78. The number of Topliss-reactive ketones (excluding diaryl/α,β-unsaturated/α-hetero) is 1. The molecule has 0 fully saturated rings. The van der Waals surface area contributed by atoms with Crippen LogP contribution in [0.4, 0.5) is 0 Å². The molecule has 5 heteroatoms. The molecule has 1 amide bonds. The van der Waals surface area contributed by atoms with Gasteiger partial charge >= 0.3 is 0 Å². The fraction of sp³-hybridized carbons (Fsp3) is 0.933. The summed E-state index contributed by atoms with van der Waals surface area (Å²) in [6.45, 7) is 15.6. The molecule has 0 saturated heterocycles. The first-order chi connectivity index (χ1) is 31.8. The Labute approximate surface area is 407 Å². The van der Waals surface area contributed by atoms with E-state index in [1.165, 1.54) is 193 Å². The lowest BCUT2D eigenvalue weighted by molar-refractivity contribution is -0.134. The van der Waals surface area contributed by atoms with Crippen LogP contribution >= 0.6 is 0 Å². The normalized spacial score (nSPS) is 13.4. The van der Waals surface area contributed by atoms with Gasteiger partial charge in [0.05, 0.1) is 0 Å². The summed E-state index contributed by atoms with van der Waals surface area (Å²) in [4.78, 5) is 40.9. The molecule has 0 aliphatic carbocycles. The Morgan fingerprint density at radius 2 is 0.908 bits per heavy atom. The van der Waals surface area contributed by atoms with E-state index in [1.54, 1.807) is 0 Å². The van der Waals surface area contributed by atoms with E-state index in [1.807, 2.05) is 7.05 Å². The fourth-order valence-corrected chi connectivity index (χ4v) is 10.3. The van der Waals surface area contributed by atoms with E-state index >= 15 is 0 Å². The third-order valence-electron chi connectivity index (χ3n) is 15.0. The second-order valence-electron chi connectivity index (χ2n) is 21.2. The fourth-order valence-electron chi connectivity index (χ4n) is 10.3. The first-order valence-electron chi connectivity index (χ1n) is 29.5. The summed E-state index contributed by atoms with van der Waals surface area (Å²) in [5.74, 6) is 5.52. The Morgan fingerprint density at radius 1 is 0.462 bits per heavy atom. The molecule has 4 unspecified atom stereocenters. The maximum absolute atomic E-state index is 13.9. The molecular formula is C60H116N2O3. The number of unbranched alkanes of at least 4 members (excludes halogenated alkanes) is 22. The van der Waals surface area contributed by atoms with Crippen LogP contribution in [-0.2, 0) is 14.4 Å². The lowest BCUT2D eigenvalue weighted by Crippen LogP contribution is -2.41. The molecule has 0 rings (SSSR count). The molecule has 0 radical (unpaired) electrons. The van der Waals surface area contributed by atoms with Gasteiger partial charge in [0.2, 0.25) is 5.91 Å². The van der Waals surface area contributed by atoms with Crippen LogP contribution in [0, 0.1) is 17.8 Å². The molecule has 0 bridgehead atoms. The van der Waals surface area contributed by atoms with E-state index in [0.29, 0.717) is 24.2 Å². The van der Waals surface area contributed by atoms with Crippen LogP contribution in [0.1, 0.15) is 318 Å². The topological polar surface area (TPSA) is 66.5 Å². The molecule has 1 N–H and O–H groups in total. The summed E-state index contributed by atoms with van der Waals surface area (Å²) >= 11 is 0. The van der Waals surface area contributed by atoms with Crippen molar-refractivity contribution in [3.63, 3.8) is 0 Å². The van der Waals surface area contributed by atoms with E-state index in [-0.39, 0.29) is 0 Å². The van der Waals surface area contributed by atoms with Crippen molar-refractivity contribution in [1.82, 2.24) is 10.2 Å². The molecule has 0 heterocycles. The molecule has 0 aromatic rings. The van der Waals surface area contributed by atoms with Crippen LogP contribution in [0.3, 0.4) is 0 Å². The number of ketones is 1. The summed E-state index contributed by atoms with van der Waals surface area (Å²) in [5.41, 5.74) is 1.03. The smallest absolute Gasteiger partial charge is 0.222 e. The molecule has 4 atom stereocenters. The highest BCUT2D eigenvalue weighted by atomic mass is 16.2. The van der Waals surface area contributed by atoms with Crippen LogP contribution < -0.4 is 5.32 Å². The quantitative estimate of drug-likeness (QED) is 0.0488.